The molecule has 0 saturated carbocycles. The Balaban J connectivity index is 2.02. The summed E-state index contributed by atoms with van der Waals surface area (Å²) in [5.74, 6) is 0. The van der Waals surface area contributed by atoms with Crippen molar-refractivity contribution < 1.29 is 4.74 Å². The first-order valence-corrected chi connectivity index (χ1v) is 6.13. The van der Waals surface area contributed by atoms with Gasteiger partial charge in [-0.15, -0.1) is 0 Å². The maximum Gasteiger partial charge on any atom is 0.102 e. The standard InChI is InChI=1S/C13H15ClN2O/c14-12-3-1-2-11(8-12)9-13(10-15)16-4-6-17-7-5-16/h1-3,8,13H,4-7,9H2. The number of nitriles is 1. The molecule has 0 radical (unpaired) electrons. The van der Waals surface area contributed by atoms with Crippen LogP contribution in [0.5, 0.6) is 0 Å². The van der Waals surface area contributed by atoms with Gasteiger partial charge in [0.25, 0.3) is 0 Å². The number of benzene rings is 1. The molecule has 1 atom stereocenters. The first-order chi connectivity index (χ1) is 8.29. The lowest BCUT2D eigenvalue weighted by molar-refractivity contribution is 0.0270. The van der Waals surface area contributed by atoms with E-state index in [1.807, 2.05) is 24.3 Å². The van der Waals surface area contributed by atoms with E-state index in [4.69, 9.17) is 16.3 Å². The molecule has 0 bridgehead atoms. The summed E-state index contributed by atoms with van der Waals surface area (Å²) in [5, 5.41) is 9.97. The topological polar surface area (TPSA) is 36.3 Å². The number of halogens is 1. The molecule has 1 fully saturated rings. The molecule has 1 aromatic rings. The highest BCUT2D eigenvalue weighted by atomic mass is 35.5. The summed E-state index contributed by atoms with van der Waals surface area (Å²) in [7, 11) is 0. The molecule has 0 aliphatic carbocycles. The highest BCUT2D eigenvalue weighted by Gasteiger charge is 2.20. The highest BCUT2D eigenvalue weighted by Crippen LogP contribution is 2.15. The Morgan fingerprint density at radius 1 is 1.41 bits per heavy atom. The van der Waals surface area contributed by atoms with Crippen molar-refractivity contribution in [2.24, 2.45) is 0 Å². The van der Waals surface area contributed by atoms with Crippen LogP contribution in [0.2, 0.25) is 5.02 Å². The Labute approximate surface area is 107 Å². The Kier molecular flexibility index (Phi) is 4.38. The molecule has 0 aromatic heterocycles. The molecule has 90 valence electrons. The maximum absolute atomic E-state index is 9.24. The lowest BCUT2D eigenvalue weighted by atomic mass is 10.1. The van der Waals surface area contributed by atoms with E-state index in [1.54, 1.807) is 0 Å². The fourth-order valence-electron chi connectivity index (χ4n) is 2.03. The molecule has 0 spiro atoms. The Bertz CT molecular complexity index is 410. The van der Waals surface area contributed by atoms with Crippen LogP contribution in [0.4, 0.5) is 0 Å². The average molecular weight is 251 g/mol. The normalized spacial score (nSPS) is 18.6. The fraction of sp³-hybridized carbons (Fsp3) is 0.462. The van der Waals surface area contributed by atoms with Crippen LogP contribution >= 0.6 is 11.6 Å². The molecule has 1 unspecified atom stereocenters. The number of rotatable bonds is 3. The minimum absolute atomic E-state index is 0.0858. The summed E-state index contributed by atoms with van der Waals surface area (Å²) in [6, 6.07) is 9.99. The van der Waals surface area contributed by atoms with Crippen molar-refractivity contribution in [3.8, 4) is 6.07 Å². The van der Waals surface area contributed by atoms with Gasteiger partial charge in [0.05, 0.1) is 19.3 Å². The molecule has 2 rings (SSSR count). The van der Waals surface area contributed by atoms with Gasteiger partial charge in [0, 0.05) is 24.5 Å². The van der Waals surface area contributed by atoms with Crippen molar-refractivity contribution in [2.45, 2.75) is 12.5 Å². The van der Waals surface area contributed by atoms with Gasteiger partial charge in [-0.2, -0.15) is 5.26 Å². The van der Waals surface area contributed by atoms with Gasteiger partial charge in [0.15, 0.2) is 0 Å². The summed E-state index contributed by atoms with van der Waals surface area (Å²) in [4.78, 5) is 2.17. The van der Waals surface area contributed by atoms with E-state index >= 15 is 0 Å². The van der Waals surface area contributed by atoms with Crippen molar-refractivity contribution in [3.05, 3.63) is 34.9 Å². The molecule has 3 nitrogen and oxygen atoms in total. The SMILES string of the molecule is N#CC(Cc1cccc(Cl)c1)N1CCOCC1. The van der Waals surface area contributed by atoms with Gasteiger partial charge in [0.2, 0.25) is 0 Å². The first kappa shape index (κ1) is 12.4. The maximum atomic E-state index is 9.24. The van der Waals surface area contributed by atoms with Crippen LogP contribution in [0.15, 0.2) is 24.3 Å². The van der Waals surface area contributed by atoms with Crippen LogP contribution in [0.25, 0.3) is 0 Å². The minimum Gasteiger partial charge on any atom is -0.379 e. The number of morpholine rings is 1. The number of hydrogen-bond acceptors (Lipinski definition) is 3. The summed E-state index contributed by atoms with van der Waals surface area (Å²) in [5.41, 5.74) is 1.11. The Morgan fingerprint density at radius 3 is 2.82 bits per heavy atom. The molecular formula is C13H15ClN2O. The van der Waals surface area contributed by atoms with E-state index in [-0.39, 0.29) is 6.04 Å². The first-order valence-electron chi connectivity index (χ1n) is 5.75. The van der Waals surface area contributed by atoms with Crippen LogP contribution in [0.3, 0.4) is 0 Å². The number of hydrogen-bond donors (Lipinski definition) is 0. The minimum atomic E-state index is -0.0858. The number of ether oxygens (including phenoxy) is 1. The Hall–Kier alpha value is -1.08. The van der Waals surface area contributed by atoms with Crippen molar-refractivity contribution in [1.29, 1.82) is 5.26 Å². The van der Waals surface area contributed by atoms with Gasteiger partial charge in [-0.3, -0.25) is 4.90 Å². The van der Waals surface area contributed by atoms with Crippen LogP contribution in [-0.2, 0) is 11.2 Å². The zero-order chi connectivity index (χ0) is 12.1. The van der Waals surface area contributed by atoms with Crippen LogP contribution in [0, 0.1) is 11.3 Å². The second kappa shape index (κ2) is 6.02. The molecular weight excluding hydrogens is 236 g/mol. The largest absolute Gasteiger partial charge is 0.379 e. The predicted octanol–water partition coefficient (Wildman–Crippen LogP) is 2.11. The Morgan fingerprint density at radius 2 is 2.18 bits per heavy atom. The average Bonchev–Trinajstić information content (AvgIpc) is 2.37. The third kappa shape index (κ3) is 3.44. The molecule has 1 aliphatic rings. The van der Waals surface area contributed by atoms with Crippen molar-refractivity contribution >= 4 is 11.6 Å². The zero-order valence-electron chi connectivity index (χ0n) is 9.60. The van der Waals surface area contributed by atoms with E-state index < -0.39 is 0 Å². The summed E-state index contributed by atoms with van der Waals surface area (Å²) in [6.45, 7) is 3.10. The zero-order valence-corrected chi connectivity index (χ0v) is 10.4. The van der Waals surface area contributed by atoms with Gasteiger partial charge in [-0.1, -0.05) is 23.7 Å². The van der Waals surface area contributed by atoms with Crippen LogP contribution in [-0.4, -0.2) is 37.2 Å². The molecule has 0 N–H and O–H groups in total. The monoisotopic (exact) mass is 250 g/mol. The van der Waals surface area contributed by atoms with Gasteiger partial charge >= 0.3 is 0 Å². The van der Waals surface area contributed by atoms with Crippen molar-refractivity contribution in [1.82, 2.24) is 4.90 Å². The van der Waals surface area contributed by atoms with E-state index in [0.717, 1.165) is 30.1 Å². The van der Waals surface area contributed by atoms with Crippen molar-refractivity contribution in [2.75, 3.05) is 26.3 Å². The summed E-state index contributed by atoms with van der Waals surface area (Å²) in [6.07, 6.45) is 0.719. The van der Waals surface area contributed by atoms with E-state index in [1.165, 1.54) is 0 Å². The van der Waals surface area contributed by atoms with Gasteiger partial charge < -0.3 is 4.74 Å². The summed E-state index contributed by atoms with van der Waals surface area (Å²) < 4.78 is 5.29. The lowest BCUT2D eigenvalue weighted by Gasteiger charge is -2.30. The third-order valence-corrected chi connectivity index (χ3v) is 3.19. The molecule has 1 aromatic carbocycles. The molecule has 17 heavy (non-hydrogen) atoms. The number of nitrogens with zero attached hydrogens (tertiary/aromatic N) is 2. The second-order valence-electron chi connectivity index (χ2n) is 4.13. The van der Waals surface area contributed by atoms with E-state index in [0.29, 0.717) is 13.2 Å². The second-order valence-corrected chi connectivity index (χ2v) is 4.56. The summed E-state index contributed by atoms with van der Waals surface area (Å²) >= 11 is 5.94. The van der Waals surface area contributed by atoms with Gasteiger partial charge in [-0.05, 0) is 17.7 Å². The highest BCUT2D eigenvalue weighted by molar-refractivity contribution is 6.30. The lowest BCUT2D eigenvalue weighted by Crippen LogP contribution is -2.43. The third-order valence-electron chi connectivity index (χ3n) is 2.95. The quantitative estimate of drug-likeness (QED) is 0.824. The van der Waals surface area contributed by atoms with Gasteiger partial charge in [0.1, 0.15) is 6.04 Å². The smallest absolute Gasteiger partial charge is 0.102 e. The van der Waals surface area contributed by atoms with Gasteiger partial charge in [-0.25, -0.2) is 0 Å². The van der Waals surface area contributed by atoms with Crippen LogP contribution in [0.1, 0.15) is 5.56 Å². The van der Waals surface area contributed by atoms with Crippen molar-refractivity contribution in [3.63, 3.8) is 0 Å². The predicted molar refractivity (Wildman–Crippen MR) is 66.9 cm³/mol. The fourth-order valence-corrected chi connectivity index (χ4v) is 2.25. The molecule has 0 amide bonds. The van der Waals surface area contributed by atoms with E-state index in [2.05, 4.69) is 11.0 Å². The molecule has 1 aliphatic heterocycles. The van der Waals surface area contributed by atoms with Crippen LogP contribution < -0.4 is 0 Å². The molecule has 1 heterocycles. The van der Waals surface area contributed by atoms with E-state index in [9.17, 15) is 5.26 Å². The molecule has 4 heteroatoms. The molecule has 1 saturated heterocycles.